The largest absolute Gasteiger partial charge is 0.349 e. The maximum atomic E-state index is 11.8. The van der Waals surface area contributed by atoms with E-state index in [1.807, 2.05) is 30.3 Å². The lowest BCUT2D eigenvalue weighted by Crippen LogP contribution is -2.37. The average molecular weight is 314 g/mol. The van der Waals surface area contributed by atoms with Crippen molar-refractivity contribution in [3.63, 3.8) is 0 Å². The van der Waals surface area contributed by atoms with Crippen molar-refractivity contribution >= 4 is 11.9 Å². The van der Waals surface area contributed by atoms with E-state index in [1.54, 1.807) is 4.68 Å². The van der Waals surface area contributed by atoms with E-state index in [0.29, 0.717) is 18.8 Å². The maximum Gasteiger partial charge on any atom is 0.315 e. The van der Waals surface area contributed by atoms with Gasteiger partial charge in [0.15, 0.2) is 0 Å². The smallest absolute Gasteiger partial charge is 0.315 e. The van der Waals surface area contributed by atoms with Crippen LogP contribution < -0.4 is 16.0 Å². The van der Waals surface area contributed by atoms with E-state index in [-0.39, 0.29) is 25.0 Å². The van der Waals surface area contributed by atoms with Gasteiger partial charge in [-0.2, -0.15) is 0 Å². The molecule has 0 aliphatic carbocycles. The number of nitrogens with zero attached hydrogens (tertiary/aromatic N) is 3. The Morgan fingerprint density at radius 2 is 2.09 bits per heavy atom. The number of nitrogens with one attached hydrogen (secondary N) is 3. The molecule has 1 aliphatic rings. The summed E-state index contributed by atoms with van der Waals surface area (Å²) in [6, 6.07) is 9.72. The Bertz CT molecular complexity index is 697. The summed E-state index contributed by atoms with van der Waals surface area (Å²) in [6.07, 6.45) is 0.779. The molecular weight excluding hydrogens is 296 g/mol. The number of carbonyl (C=O) groups excluding carboxylic acids is 2. The monoisotopic (exact) mass is 314 g/mol. The Kier molecular flexibility index (Phi) is 4.51. The van der Waals surface area contributed by atoms with E-state index < -0.39 is 0 Å². The molecule has 3 rings (SSSR count). The molecular formula is C15H18N6O2. The molecule has 0 saturated carbocycles. The van der Waals surface area contributed by atoms with E-state index in [9.17, 15) is 9.59 Å². The molecule has 0 atom stereocenters. The first-order valence-electron chi connectivity index (χ1n) is 7.46. The van der Waals surface area contributed by atoms with Crippen molar-refractivity contribution in [2.24, 2.45) is 0 Å². The summed E-state index contributed by atoms with van der Waals surface area (Å²) in [6.45, 7) is 1.40. The van der Waals surface area contributed by atoms with Gasteiger partial charge in [-0.25, -0.2) is 9.48 Å². The number of amides is 3. The van der Waals surface area contributed by atoms with Crippen molar-refractivity contribution in [2.45, 2.75) is 26.1 Å². The number of rotatable bonds is 5. The third-order valence-electron chi connectivity index (χ3n) is 3.62. The summed E-state index contributed by atoms with van der Waals surface area (Å²) in [7, 11) is 0. The zero-order chi connectivity index (χ0) is 16.1. The lowest BCUT2D eigenvalue weighted by Gasteiger charge is -2.14. The Balaban J connectivity index is 1.44. The van der Waals surface area contributed by atoms with Gasteiger partial charge >= 0.3 is 6.03 Å². The minimum Gasteiger partial charge on any atom is -0.349 e. The van der Waals surface area contributed by atoms with Crippen molar-refractivity contribution in [1.29, 1.82) is 0 Å². The molecule has 3 amide bonds. The van der Waals surface area contributed by atoms with E-state index in [2.05, 4.69) is 26.3 Å². The van der Waals surface area contributed by atoms with Crippen LogP contribution in [0.4, 0.5) is 4.79 Å². The fourth-order valence-electron chi connectivity index (χ4n) is 2.39. The highest BCUT2D eigenvalue weighted by Crippen LogP contribution is 2.08. The van der Waals surface area contributed by atoms with Gasteiger partial charge in [-0.05, 0) is 12.0 Å². The molecule has 2 aromatic rings. The fraction of sp³-hybridized carbons (Fsp3) is 0.333. The van der Waals surface area contributed by atoms with Gasteiger partial charge in [0.1, 0.15) is 12.2 Å². The number of hydrogen-bond donors (Lipinski definition) is 3. The van der Waals surface area contributed by atoms with E-state index in [0.717, 1.165) is 12.1 Å². The topological polar surface area (TPSA) is 101 Å². The quantitative estimate of drug-likeness (QED) is 0.720. The first kappa shape index (κ1) is 15.0. The molecule has 1 aromatic heterocycles. The van der Waals surface area contributed by atoms with E-state index >= 15 is 0 Å². The minimum absolute atomic E-state index is 0.0828. The summed E-state index contributed by atoms with van der Waals surface area (Å²) in [5, 5.41) is 16.2. The van der Waals surface area contributed by atoms with Crippen LogP contribution in [0.5, 0.6) is 0 Å². The SMILES string of the molecule is O=C1Cn2nnc(CNC(=O)NCCc3ccccc3)c2CN1. The van der Waals surface area contributed by atoms with E-state index in [1.165, 1.54) is 5.56 Å². The Hall–Kier alpha value is -2.90. The van der Waals surface area contributed by atoms with Gasteiger partial charge in [0.05, 0.1) is 18.8 Å². The second kappa shape index (κ2) is 6.91. The lowest BCUT2D eigenvalue weighted by atomic mass is 10.1. The van der Waals surface area contributed by atoms with Crippen molar-refractivity contribution < 1.29 is 9.59 Å². The normalized spacial score (nSPS) is 13.1. The summed E-state index contributed by atoms with van der Waals surface area (Å²) in [4.78, 5) is 23.1. The van der Waals surface area contributed by atoms with Crippen LogP contribution >= 0.6 is 0 Å². The zero-order valence-corrected chi connectivity index (χ0v) is 12.6. The number of hydrogen-bond acceptors (Lipinski definition) is 4. The molecule has 120 valence electrons. The molecule has 23 heavy (non-hydrogen) atoms. The molecule has 1 aliphatic heterocycles. The molecule has 0 bridgehead atoms. The van der Waals surface area contributed by atoms with Gasteiger partial charge in [-0.3, -0.25) is 4.79 Å². The Morgan fingerprint density at radius 1 is 1.26 bits per heavy atom. The number of urea groups is 1. The molecule has 0 unspecified atom stereocenters. The lowest BCUT2D eigenvalue weighted by molar-refractivity contribution is -0.122. The van der Waals surface area contributed by atoms with Gasteiger partial charge < -0.3 is 16.0 Å². The predicted molar refractivity (Wildman–Crippen MR) is 82.3 cm³/mol. The van der Waals surface area contributed by atoms with Crippen molar-refractivity contribution in [1.82, 2.24) is 30.9 Å². The molecule has 0 spiro atoms. The zero-order valence-electron chi connectivity index (χ0n) is 12.6. The van der Waals surface area contributed by atoms with Gasteiger partial charge in [0.25, 0.3) is 0 Å². The molecule has 8 nitrogen and oxygen atoms in total. The van der Waals surface area contributed by atoms with Gasteiger partial charge in [0, 0.05) is 6.54 Å². The first-order chi connectivity index (χ1) is 11.2. The maximum absolute atomic E-state index is 11.8. The minimum atomic E-state index is -0.248. The van der Waals surface area contributed by atoms with E-state index in [4.69, 9.17) is 0 Å². The Labute approximate surface area is 133 Å². The summed E-state index contributed by atoms with van der Waals surface area (Å²) in [5.74, 6) is -0.0828. The van der Waals surface area contributed by atoms with Crippen molar-refractivity contribution in [3.8, 4) is 0 Å². The third kappa shape index (κ3) is 3.85. The first-order valence-corrected chi connectivity index (χ1v) is 7.46. The van der Waals surface area contributed by atoms with Gasteiger partial charge in [0.2, 0.25) is 5.91 Å². The summed E-state index contributed by atoms with van der Waals surface area (Å²) >= 11 is 0. The van der Waals surface area contributed by atoms with Gasteiger partial charge in [-0.1, -0.05) is 35.5 Å². The van der Waals surface area contributed by atoms with Crippen LogP contribution in [0.25, 0.3) is 0 Å². The number of carbonyl (C=O) groups is 2. The fourth-order valence-corrected chi connectivity index (χ4v) is 2.39. The number of aromatic nitrogens is 3. The van der Waals surface area contributed by atoms with Crippen molar-refractivity contribution in [2.75, 3.05) is 6.54 Å². The molecule has 8 heteroatoms. The highest BCUT2D eigenvalue weighted by Gasteiger charge is 2.20. The second-order valence-electron chi connectivity index (χ2n) is 5.26. The average Bonchev–Trinajstić information content (AvgIpc) is 2.96. The van der Waals surface area contributed by atoms with Crippen LogP contribution in [0, 0.1) is 0 Å². The van der Waals surface area contributed by atoms with Crippen molar-refractivity contribution in [3.05, 3.63) is 47.3 Å². The second-order valence-corrected chi connectivity index (χ2v) is 5.26. The third-order valence-corrected chi connectivity index (χ3v) is 3.62. The Morgan fingerprint density at radius 3 is 2.91 bits per heavy atom. The highest BCUT2D eigenvalue weighted by molar-refractivity contribution is 5.76. The van der Waals surface area contributed by atoms with Crippen LogP contribution in [0.2, 0.25) is 0 Å². The summed E-state index contributed by atoms with van der Waals surface area (Å²) in [5.41, 5.74) is 2.67. The molecule has 0 radical (unpaired) electrons. The summed E-state index contributed by atoms with van der Waals surface area (Å²) < 4.78 is 1.56. The number of benzene rings is 1. The molecule has 2 heterocycles. The molecule has 0 fully saturated rings. The van der Waals surface area contributed by atoms with Crippen LogP contribution in [0.3, 0.4) is 0 Å². The molecule has 1 aromatic carbocycles. The van der Waals surface area contributed by atoms with Gasteiger partial charge in [-0.15, -0.1) is 5.10 Å². The predicted octanol–water partition coefficient (Wildman–Crippen LogP) is -0.0502. The van der Waals surface area contributed by atoms with Crippen LogP contribution in [-0.4, -0.2) is 33.5 Å². The van der Waals surface area contributed by atoms with Crippen LogP contribution in [-0.2, 0) is 30.8 Å². The van der Waals surface area contributed by atoms with Crippen LogP contribution in [0.1, 0.15) is 17.0 Å². The molecule has 3 N–H and O–H groups in total. The molecule has 0 saturated heterocycles. The highest BCUT2D eigenvalue weighted by atomic mass is 16.2. The van der Waals surface area contributed by atoms with Crippen LogP contribution in [0.15, 0.2) is 30.3 Å². The number of fused-ring (bicyclic) bond motifs is 1. The standard InChI is InChI=1S/C15H18N6O2/c22-14-10-21-13(9-17-14)12(19-20-21)8-18-15(23)16-7-6-11-4-2-1-3-5-11/h1-5H,6-10H2,(H,17,22)(H2,16,18,23).